The van der Waals surface area contributed by atoms with Crippen LogP contribution in [0.2, 0.25) is 0 Å². The van der Waals surface area contributed by atoms with E-state index in [0.717, 1.165) is 0 Å². The van der Waals surface area contributed by atoms with Crippen molar-refractivity contribution in [2.45, 2.75) is 36.7 Å². The van der Waals surface area contributed by atoms with Crippen molar-refractivity contribution >= 4 is 10.0 Å². The summed E-state index contributed by atoms with van der Waals surface area (Å²) in [5.41, 5.74) is 5.42. The third-order valence-electron chi connectivity index (χ3n) is 3.06. The Morgan fingerprint density at radius 2 is 2.24 bits per heavy atom. The van der Waals surface area contributed by atoms with Gasteiger partial charge in [-0.25, -0.2) is 8.42 Å². The quantitative estimate of drug-likeness (QED) is 0.838. The first-order valence-electron chi connectivity index (χ1n) is 5.52. The standard InChI is InChI=1S/C11H17N3O2S/c1-11(2)6-9(12)8-14(11)17(15,16)10-4-3-5-13-7-10/h3-5,7,9H,6,8,12H2,1-2H3. The zero-order valence-corrected chi connectivity index (χ0v) is 10.8. The smallest absolute Gasteiger partial charge is 0.245 e. The number of aromatic nitrogens is 1. The molecule has 2 N–H and O–H groups in total. The largest absolute Gasteiger partial charge is 0.326 e. The zero-order valence-electron chi connectivity index (χ0n) is 10.00. The molecule has 6 heteroatoms. The molecule has 0 bridgehead atoms. The molecule has 1 aromatic heterocycles. The van der Waals surface area contributed by atoms with E-state index in [1.807, 2.05) is 13.8 Å². The van der Waals surface area contributed by atoms with Gasteiger partial charge in [0.25, 0.3) is 0 Å². The van der Waals surface area contributed by atoms with Crippen molar-refractivity contribution in [3.63, 3.8) is 0 Å². The van der Waals surface area contributed by atoms with Crippen LogP contribution in [-0.2, 0) is 10.0 Å². The van der Waals surface area contributed by atoms with Crippen LogP contribution in [0.4, 0.5) is 0 Å². The molecular formula is C11H17N3O2S. The molecule has 2 heterocycles. The van der Waals surface area contributed by atoms with E-state index in [0.29, 0.717) is 13.0 Å². The van der Waals surface area contributed by atoms with Crippen molar-refractivity contribution in [3.8, 4) is 0 Å². The van der Waals surface area contributed by atoms with Crippen LogP contribution in [0, 0.1) is 0 Å². The Morgan fingerprint density at radius 3 is 2.71 bits per heavy atom. The predicted octanol–water partition coefficient (Wildman–Crippen LogP) is 0.582. The maximum Gasteiger partial charge on any atom is 0.245 e. The van der Waals surface area contributed by atoms with Crippen molar-refractivity contribution in [2.24, 2.45) is 5.73 Å². The normalized spacial score (nSPS) is 25.0. The molecule has 1 saturated heterocycles. The number of nitrogens with two attached hydrogens (primary N) is 1. The van der Waals surface area contributed by atoms with E-state index in [2.05, 4.69) is 4.98 Å². The van der Waals surface area contributed by atoms with Crippen LogP contribution >= 0.6 is 0 Å². The highest BCUT2D eigenvalue weighted by atomic mass is 32.2. The molecule has 0 aromatic carbocycles. The fourth-order valence-corrected chi connectivity index (χ4v) is 4.13. The second-order valence-electron chi connectivity index (χ2n) is 5.00. The second-order valence-corrected chi connectivity index (χ2v) is 6.86. The molecule has 0 radical (unpaired) electrons. The molecule has 0 amide bonds. The van der Waals surface area contributed by atoms with E-state index in [9.17, 15) is 8.42 Å². The lowest BCUT2D eigenvalue weighted by Gasteiger charge is -2.30. The zero-order chi connectivity index (χ0) is 12.7. The molecule has 17 heavy (non-hydrogen) atoms. The van der Waals surface area contributed by atoms with E-state index in [1.165, 1.54) is 10.5 Å². The summed E-state index contributed by atoms with van der Waals surface area (Å²) in [6.07, 6.45) is 3.60. The summed E-state index contributed by atoms with van der Waals surface area (Å²) < 4.78 is 26.3. The van der Waals surface area contributed by atoms with Gasteiger partial charge in [0.1, 0.15) is 4.90 Å². The Kier molecular flexibility index (Phi) is 2.97. The number of rotatable bonds is 2. The molecule has 0 aliphatic carbocycles. The molecule has 1 fully saturated rings. The van der Waals surface area contributed by atoms with Gasteiger partial charge in [0.2, 0.25) is 10.0 Å². The highest BCUT2D eigenvalue weighted by Crippen LogP contribution is 2.33. The highest BCUT2D eigenvalue weighted by molar-refractivity contribution is 7.89. The molecule has 5 nitrogen and oxygen atoms in total. The Morgan fingerprint density at radius 1 is 1.53 bits per heavy atom. The minimum Gasteiger partial charge on any atom is -0.326 e. The fraction of sp³-hybridized carbons (Fsp3) is 0.545. The second kappa shape index (κ2) is 4.04. The van der Waals surface area contributed by atoms with Gasteiger partial charge in [-0.2, -0.15) is 4.31 Å². The monoisotopic (exact) mass is 255 g/mol. The van der Waals surface area contributed by atoms with Gasteiger partial charge in [-0.05, 0) is 32.4 Å². The third kappa shape index (κ3) is 2.20. The van der Waals surface area contributed by atoms with E-state index < -0.39 is 15.6 Å². The summed E-state index contributed by atoms with van der Waals surface area (Å²) in [5, 5.41) is 0. The van der Waals surface area contributed by atoms with Crippen molar-refractivity contribution in [1.82, 2.24) is 9.29 Å². The fourth-order valence-electron chi connectivity index (χ4n) is 2.32. The van der Waals surface area contributed by atoms with Crippen molar-refractivity contribution in [3.05, 3.63) is 24.5 Å². The van der Waals surface area contributed by atoms with E-state index in [4.69, 9.17) is 5.73 Å². The number of nitrogens with zero attached hydrogens (tertiary/aromatic N) is 2. The van der Waals surface area contributed by atoms with Crippen LogP contribution in [-0.4, -0.2) is 35.8 Å². The van der Waals surface area contributed by atoms with E-state index in [-0.39, 0.29) is 10.9 Å². The summed E-state index contributed by atoms with van der Waals surface area (Å²) in [4.78, 5) is 4.08. The maximum absolute atomic E-state index is 12.4. The Labute approximate surface area is 102 Å². The van der Waals surface area contributed by atoms with E-state index >= 15 is 0 Å². The predicted molar refractivity (Wildman–Crippen MR) is 64.8 cm³/mol. The number of pyridine rings is 1. The number of hydrogen-bond donors (Lipinski definition) is 1. The highest BCUT2D eigenvalue weighted by Gasteiger charge is 2.44. The molecule has 1 aromatic rings. The molecule has 2 rings (SSSR count). The van der Waals surface area contributed by atoms with Crippen LogP contribution in [0.5, 0.6) is 0 Å². The maximum atomic E-state index is 12.4. The molecular weight excluding hydrogens is 238 g/mol. The van der Waals surface area contributed by atoms with Gasteiger partial charge in [-0.1, -0.05) is 0 Å². The number of sulfonamides is 1. The van der Waals surface area contributed by atoms with Gasteiger partial charge < -0.3 is 5.73 Å². The minimum atomic E-state index is -3.49. The molecule has 94 valence electrons. The van der Waals surface area contributed by atoms with Gasteiger partial charge >= 0.3 is 0 Å². The van der Waals surface area contributed by atoms with E-state index in [1.54, 1.807) is 18.3 Å². The van der Waals surface area contributed by atoms with Gasteiger partial charge in [0.05, 0.1) is 0 Å². The SMILES string of the molecule is CC1(C)CC(N)CN1S(=O)(=O)c1cccnc1. The summed E-state index contributed by atoms with van der Waals surface area (Å²) in [6, 6.07) is 3.08. The van der Waals surface area contributed by atoms with Gasteiger partial charge in [-0.3, -0.25) is 4.98 Å². The molecule has 0 saturated carbocycles. The number of hydrogen-bond acceptors (Lipinski definition) is 4. The minimum absolute atomic E-state index is 0.101. The summed E-state index contributed by atoms with van der Waals surface area (Å²) in [7, 11) is -3.49. The summed E-state index contributed by atoms with van der Waals surface area (Å²) in [6.45, 7) is 4.16. The average molecular weight is 255 g/mol. The summed E-state index contributed by atoms with van der Waals surface area (Å²) >= 11 is 0. The molecule has 1 unspecified atom stereocenters. The lowest BCUT2D eigenvalue weighted by atomic mass is 10.0. The Balaban J connectivity index is 2.41. The summed E-state index contributed by atoms with van der Waals surface area (Å²) in [5.74, 6) is 0. The average Bonchev–Trinajstić information content (AvgIpc) is 2.54. The lowest BCUT2D eigenvalue weighted by molar-refractivity contribution is 0.291. The van der Waals surface area contributed by atoms with Gasteiger partial charge in [0.15, 0.2) is 0 Å². The topological polar surface area (TPSA) is 76.3 Å². The first-order chi connectivity index (χ1) is 7.84. The van der Waals surface area contributed by atoms with Gasteiger partial charge in [0, 0.05) is 30.5 Å². The van der Waals surface area contributed by atoms with Crippen molar-refractivity contribution in [1.29, 1.82) is 0 Å². The first kappa shape index (κ1) is 12.5. The van der Waals surface area contributed by atoms with Crippen molar-refractivity contribution in [2.75, 3.05) is 6.54 Å². The van der Waals surface area contributed by atoms with Crippen LogP contribution in [0.25, 0.3) is 0 Å². The first-order valence-corrected chi connectivity index (χ1v) is 6.96. The Bertz CT molecular complexity index is 499. The molecule has 1 aliphatic heterocycles. The van der Waals surface area contributed by atoms with Crippen LogP contribution in [0.1, 0.15) is 20.3 Å². The molecule has 1 aliphatic rings. The van der Waals surface area contributed by atoms with Gasteiger partial charge in [-0.15, -0.1) is 0 Å². The van der Waals surface area contributed by atoms with Crippen molar-refractivity contribution < 1.29 is 8.42 Å². The lowest BCUT2D eigenvalue weighted by Crippen LogP contribution is -2.42. The Hall–Kier alpha value is -0.980. The molecule has 0 spiro atoms. The van der Waals surface area contributed by atoms with Crippen LogP contribution in [0.3, 0.4) is 0 Å². The van der Waals surface area contributed by atoms with Crippen LogP contribution < -0.4 is 5.73 Å². The molecule has 1 atom stereocenters. The third-order valence-corrected chi connectivity index (χ3v) is 5.12. The van der Waals surface area contributed by atoms with Crippen LogP contribution in [0.15, 0.2) is 29.4 Å².